The molecule has 8 heteroatoms. The van der Waals surface area contributed by atoms with E-state index in [1.807, 2.05) is 6.07 Å². The van der Waals surface area contributed by atoms with Gasteiger partial charge in [0.2, 0.25) is 5.91 Å². The van der Waals surface area contributed by atoms with Crippen LogP contribution in [0.1, 0.15) is 12.0 Å². The summed E-state index contributed by atoms with van der Waals surface area (Å²) in [5.74, 6) is -0.196. The van der Waals surface area contributed by atoms with Crippen molar-refractivity contribution in [2.45, 2.75) is 13.0 Å². The highest BCUT2D eigenvalue weighted by atomic mass is 35.5. The maximum absolute atomic E-state index is 12.5. The lowest BCUT2D eigenvalue weighted by Gasteiger charge is -2.22. The SMILES string of the molecule is O=C(CN1CCCN(Cc2ccccc2)CC1)Nc1c(Cl)c(Cl)cc(Cl)c1Cl. The molecular weight excluding hydrogens is 440 g/mol. The van der Waals surface area contributed by atoms with Gasteiger partial charge in [-0.25, -0.2) is 0 Å². The van der Waals surface area contributed by atoms with Crippen LogP contribution in [0.25, 0.3) is 0 Å². The Balaban J connectivity index is 1.55. The Morgan fingerprint density at radius 3 is 2.18 bits per heavy atom. The van der Waals surface area contributed by atoms with Crippen LogP contribution >= 0.6 is 46.4 Å². The molecule has 1 N–H and O–H groups in total. The molecule has 4 nitrogen and oxygen atoms in total. The first kappa shape index (κ1) is 21.7. The van der Waals surface area contributed by atoms with Gasteiger partial charge in [0.15, 0.2) is 0 Å². The fraction of sp³-hybridized carbons (Fsp3) is 0.350. The van der Waals surface area contributed by atoms with Crippen molar-refractivity contribution >= 4 is 58.0 Å². The van der Waals surface area contributed by atoms with Crippen molar-refractivity contribution < 1.29 is 4.79 Å². The fourth-order valence-electron chi connectivity index (χ4n) is 3.25. The zero-order valence-electron chi connectivity index (χ0n) is 15.2. The average molecular weight is 461 g/mol. The second kappa shape index (κ2) is 10.1. The third kappa shape index (κ3) is 5.76. The molecular formula is C20H21Cl4N3O. The number of hydrogen-bond donors (Lipinski definition) is 1. The number of anilines is 1. The van der Waals surface area contributed by atoms with Crippen molar-refractivity contribution in [1.29, 1.82) is 0 Å². The van der Waals surface area contributed by atoms with E-state index in [0.29, 0.717) is 0 Å². The normalized spacial score (nSPS) is 16.0. The second-order valence-electron chi connectivity index (χ2n) is 6.78. The molecule has 1 saturated heterocycles. The molecule has 150 valence electrons. The Labute approximate surface area is 185 Å². The highest BCUT2D eigenvalue weighted by Gasteiger charge is 2.20. The highest BCUT2D eigenvalue weighted by molar-refractivity contribution is 6.50. The molecule has 0 bridgehead atoms. The third-order valence-electron chi connectivity index (χ3n) is 4.67. The summed E-state index contributed by atoms with van der Waals surface area (Å²) in [6.07, 6.45) is 1.00. The molecule has 1 aliphatic rings. The molecule has 2 aromatic carbocycles. The molecule has 1 amide bonds. The molecule has 0 saturated carbocycles. The quantitative estimate of drug-likeness (QED) is 0.602. The Bertz CT molecular complexity index is 806. The van der Waals surface area contributed by atoms with E-state index in [2.05, 4.69) is 39.4 Å². The van der Waals surface area contributed by atoms with Crippen LogP contribution in [0.15, 0.2) is 36.4 Å². The first-order valence-corrected chi connectivity index (χ1v) is 10.6. The van der Waals surface area contributed by atoms with Crippen LogP contribution in [-0.4, -0.2) is 48.4 Å². The largest absolute Gasteiger partial charge is 0.322 e. The summed E-state index contributed by atoms with van der Waals surface area (Å²) in [5, 5.41) is 3.63. The van der Waals surface area contributed by atoms with E-state index in [1.165, 1.54) is 11.6 Å². The first-order valence-electron chi connectivity index (χ1n) is 9.05. The van der Waals surface area contributed by atoms with E-state index >= 15 is 0 Å². The fourth-order valence-corrected chi connectivity index (χ4v) is 4.15. The average Bonchev–Trinajstić information content (AvgIpc) is 2.89. The number of benzene rings is 2. The summed E-state index contributed by atoms with van der Waals surface area (Å²) in [5.41, 5.74) is 1.56. The van der Waals surface area contributed by atoms with E-state index in [1.54, 1.807) is 0 Å². The van der Waals surface area contributed by atoms with Crippen molar-refractivity contribution in [3.05, 3.63) is 62.1 Å². The number of rotatable bonds is 5. The number of amides is 1. The number of hydrogen-bond acceptors (Lipinski definition) is 3. The molecule has 3 rings (SSSR count). The van der Waals surface area contributed by atoms with Crippen molar-refractivity contribution in [2.24, 2.45) is 0 Å². The summed E-state index contributed by atoms with van der Waals surface area (Å²) < 4.78 is 0. The zero-order chi connectivity index (χ0) is 20.1. The smallest absolute Gasteiger partial charge is 0.238 e. The van der Waals surface area contributed by atoms with Gasteiger partial charge in [-0.1, -0.05) is 76.7 Å². The lowest BCUT2D eigenvalue weighted by atomic mass is 10.2. The molecule has 0 unspecified atom stereocenters. The van der Waals surface area contributed by atoms with Gasteiger partial charge in [0, 0.05) is 19.6 Å². The van der Waals surface area contributed by atoms with Gasteiger partial charge < -0.3 is 5.32 Å². The Morgan fingerprint density at radius 1 is 0.893 bits per heavy atom. The monoisotopic (exact) mass is 459 g/mol. The molecule has 1 aliphatic heterocycles. The van der Waals surface area contributed by atoms with Crippen LogP contribution in [0.5, 0.6) is 0 Å². The van der Waals surface area contributed by atoms with Crippen LogP contribution in [-0.2, 0) is 11.3 Å². The minimum atomic E-state index is -0.196. The molecule has 0 spiro atoms. The number of nitrogens with one attached hydrogen (secondary N) is 1. The standard InChI is InChI=1S/C20H21Cl4N3O/c21-15-11-16(22)19(24)20(18(15)23)25-17(28)13-27-8-4-7-26(9-10-27)12-14-5-2-1-3-6-14/h1-3,5-6,11H,4,7-10,12-13H2,(H,25,28). The molecule has 0 aliphatic carbocycles. The Hall–Kier alpha value is -1.01. The minimum absolute atomic E-state index is 0.189. The number of halogens is 4. The summed E-state index contributed by atoms with van der Waals surface area (Å²) in [6, 6.07) is 11.9. The molecule has 1 fully saturated rings. The first-order chi connectivity index (χ1) is 13.4. The van der Waals surface area contributed by atoms with E-state index in [-0.39, 0.29) is 38.2 Å². The third-order valence-corrected chi connectivity index (χ3v) is 6.25. The summed E-state index contributed by atoms with van der Waals surface area (Å²) in [7, 11) is 0. The van der Waals surface area contributed by atoms with E-state index in [0.717, 1.165) is 39.1 Å². The van der Waals surface area contributed by atoms with Gasteiger partial charge in [-0.15, -0.1) is 0 Å². The predicted molar refractivity (Wildman–Crippen MR) is 118 cm³/mol. The molecule has 2 aromatic rings. The van der Waals surface area contributed by atoms with Crippen LogP contribution < -0.4 is 5.32 Å². The number of carbonyl (C=O) groups is 1. The van der Waals surface area contributed by atoms with Crippen LogP contribution in [0, 0.1) is 0 Å². The molecule has 28 heavy (non-hydrogen) atoms. The number of carbonyl (C=O) groups excluding carboxylic acids is 1. The van der Waals surface area contributed by atoms with Gasteiger partial charge in [-0.3, -0.25) is 14.6 Å². The van der Waals surface area contributed by atoms with Crippen molar-refractivity contribution in [3.63, 3.8) is 0 Å². The maximum Gasteiger partial charge on any atom is 0.238 e. The maximum atomic E-state index is 12.5. The molecule has 0 atom stereocenters. The van der Waals surface area contributed by atoms with E-state index < -0.39 is 0 Å². The van der Waals surface area contributed by atoms with Gasteiger partial charge in [0.05, 0.1) is 32.3 Å². The summed E-state index contributed by atoms with van der Waals surface area (Å²) in [4.78, 5) is 17.1. The van der Waals surface area contributed by atoms with Crippen molar-refractivity contribution in [1.82, 2.24) is 9.80 Å². The Kier molecular flexibility index (Phi) is 7.86. The van der Waals surface area contributed by atoms with Gasteiger partial charge in [-0.2, -0.15) is 0 Å². The number of nitrogens with zero attached hydrogens (tertiary/aromatic N) is 2. The molecule has 0 aromatic heterocycles. The van der Waals surface area contributed by atoms with E-state index in [4.69, 9.17) is 46.4 Å². The topological polar surface area (TPSA) is 35.6 Å². The van der Waals surface area contributed by atoms with Crippen LogP contribution in [0.4, 0.5) is 5.69 Å². The predicted octanol–water partition coefficient (Wildman–Crippen LogP) is 5.45. The van der Waals surface area contributed by atoms with Crippen LogP contribution in [0.3, 0.4) is 0 Å². The highest BCUT2D eigenvalue weighted by Crippen LogP contribution is 2.40. The summed E-state index contributed by atoms with van der Waals surface area (Å²) >= 11 is 24.4. The van der Waals surface area contributed by atoms with Gasteiger partial charge >= 0.3 is 0 Å². The molecule has 0 radical (unpaired) electrons. The second-order valence-corrected chi connectivity index (χ2v) is 8.35. The lowest BCUT2D eigenvalue weighted by molar-refractivity contribution is -0.117. The minimum Gasteiger partial charge on any atom is -0.322 e. The van der Waals surface area contributed by atoms with Crippen molar-refractivity contribution in [2.75, 3.05) is 38.0 Å². The van der Waals surface area contributed by atoms with Crippen molar-refractivity contribution in [3.8, 4) is 0 Å². The van der Waals surface area contributed by atoms with Gasteiger partial charge in [0.1, 0.15) is 0 Å². The van der Waals surface area contributed by atoms with Gasteiger partial charge in [0.25, 0.3) is 0 Å². The zero-order valence-corrected chi connectivity index (χ0v) is 18.3. The van der Waals surface area contributed by atoms with Gasteiger partial charge in [-0.05, 0) is 31.1 Å². The summed E-state index contributed by atoms with van der Waals surface area (Å²) in [6.45, 7) is 4.78. The molecule has 1 heterocycles. The Morgan fingerprint density at radius 2 is 1.50 bits per heavy atom. The lowest BCUT2D eigenvalue weighted by Crippen LogP contribution is -2.36. The van der Waals surface area contributed by atoms with E-state index in [9.17, 15) is 4.79 Å². The van der Waals surface area contributed by atoms with Crippen LogP contribution in [0.2, 0.25) is 20.1 Å².